The molecule has 1 N–H and O–H groups in total. The van der Waals surface area contributed by atoms with Crippen LogP contribution in [0.1, 0.15) is 11.6 Å². The van der Waals surface area contributed by atoms with Gasteiger partial charge in [0.2, 0.25) is 0 Å². The Kier molecular flexibility index (Phi) is 8.81. The Hall–Kier alpha value is -0.810. The molecule has 1 heterocycles. The van der Waals surface area contributed by atoms with Gasteiger partial charge in [-0.3, -0.25) is 4.90 Å². The zero-order valence-electron chi connectivity index (χ0n) is 11.5. The van der Waals surface area contributed by atoms with E-state index in [1.807, 2.05) is 6.08 Å². The second kappa shape index (κ2) is 9.19. The molecule has 0 saturated carbocycles. The summed E-state index contributed by atoms with van der Waals surface area (Å²) in [5, 5.41) is 3.30. The van der Waals surface area contributed by atoms with E-state index in [-0.39, 0.29) is 36.7 Å². The second-order valence-corrected chi connectivity index (χ2v) is 4.35. The van der Waals surface area contributed by atoms with Crippen molar-refractivity contribution in [1.82, 2.24) is 10.2 Å². The van der Waals surface area contributed by atoms with Gasteiger partial charge in [-0.2, -0.15) is 0 Å². The number of hydrogen-bond acceptors (Lipinski definition) is 3. The van der Waals surface area contributed by atoms with Gasteiger partial charge in [0.1, 0.15) is 11.6 Å². The summed E-state index contributed by atoms with van der Waals surface area (Å²) < 4.78 is 18.7. The topological polar surface area (TPSA) is 24.5 Å². The average Bonchev–Trinajstić information content (AvgIpc) is 2.41. The SMILES string of the molecule is C=C[C@@H](c1cc(F)ccc1OC)N1CCNCC1.Cl.Cl. The highest BCUT2D eigenvalue weighted by Crippen LogP contribution is 2.31. The minimum absolute atomic E-state index is 0. The number of methoxy groups -OCH3 is 1. The van der Waals surface area contributed by atoms with E-state index in [0.29, 0.717) is 5.75 Å². The summed E-state index contributed by atoms with van der Waals surface area (Å²) in [6, 6.07) is 4.62. The minimum atomic E-state index is -0.243. The van der Waals surface area contributed by atoms with Crippen molar-refractivity contribution in [3.63, 3.8) is 0 Å². The molecule has 0 aliphatic carbocycles. The highest BCUT2D eigenvalue weighted by atomic mass is 35.5. The molecule has 6 heteroatoms. The van der Waals surface area contributed by atoms with Crippen LogP contribution in [0.2, 0.25) is 0 Å². The molecule has 0 aromatic heterocycles. The largest absolute Gasteiger partial charge is 0.496 e. The van der Waals surface area contributed by atoms with Crippen LogP contribution >= 0.6 is 24.8 Å². The minimum Gasteiger partial charge on any atom is -0.496 e. The maximum absolute atomic E-state index is 13.4. The van der Waals surface area contributed by atoms with Crippen molar-refractivity contribution < 1.29 is 9.13 Å². The van der Waals surface area contributed by atoms with E-state index in [1.54, 1.807) is 13.2 Å². The summed E-state index contributed by atoms with van der Waals surface area (Å²) in [7, 11) is 1.61. The zero-order chi connectivity index (χ0) is 13.0. The molecule has 20 heavy (non-hydrogen) atoms. The van der Waals surface area contributed by atoms with Crippen LogP contribution in [-0.2, 0) is 0 Å². The average molecular weight is 323 g/mol. The molecule has 3 nitrogen and oxygen atoms in total. The number of nitrogens with one attached hydrogen (secondary N) is 1. The van der Waals surface area contributed by atoms with Gasteiger partial charge in [-0.1, -0.05) is 6.08 Å². The lowest BCUT2D eigenvalue weighted by molar-refractivity contribution is 0.200. The van der Waals surface area contributed by atoms with Crippen molar-refractivity contribution >= 4 is 24.8 Å². The van der Waals surface area contributed by atoms with Gasteiger partial charge in [0.15, 0.2) is 0 Å². The fraction of sp³-hybridized carbons (Fsp3) is 0.429. The van der Waals surface area contributed by atoms with E-state index in [1.165, 1.54) is 12.1 Å². The number of nitrogens with zero attached hydrogens (tertiary/aromatic N) is 1. The molecule has 1 atom stereocenters. The molecule has 114 valence electrons. The first-order valence-corrected chi connectivity index (χ1v) is 6.17. The predicted molar refractivity (Wildman–Crippen MR) is 84.8 cm³/mol. The first-order chi connectivity index (χ1) is 8.76. The third-order valence-corrected chi connectivity index (χ3v) is 3.28. The maximum Gasteiger partial charge on any atom is 0.124 e. The van der Waals surface area contributed by atoms with E-state index >= 15 is 0 Å². The zero-order valence-corrected chi connectivity index (χ0v) is 13.1. The van der Waals surface area contributed by atoms with Crippen LogP contribution in [0.3, 0.4) is 0 Å². The molecule has 2 rings (SSSR count). The van der Waals surface area contributed by atoms with E-state index in [2.05, 4.69) is 16.8 Å². The van der Waals surface area contributed by atoms with Gasteiger partial charge in [-0.25, -0.2) is 4.39 Å². The van der Waals surface area contributed by atoms with Crippen LogP contribution < -0.4 is 10.1 Å². The Morgan fingerprint density at radius 3 is 2.55 bits per heavy atom. The Bertz CT molecular complexity index is 426. The monoisotopic (exact) mass is 322 g/mol. The molecule has 1 saturated heterocycles. The van der Waals surface area contributed by atoms with Crippen molar-refractivity contribution in [2.45, 2.75) is 6.04 Å². The summed E-state index contributed by atoms with van der Waals surface area (Å²) in [5.74, 6) is 0.465. The van der Waals surface area contributed by atoms with Crippen molar-refractivity contribution in [2.75, 3.05) is 33.3 Å². The molecule has 0 unspecified atom stereocenters. The summed E-state index contributed by atoms with van der Waals surface area (Å²) in [6.07, 6.45) is 1.85. The van der Waals surface area contributed by atoms with Gasteiger partial charge < -0.3 is 10.1 Å². The third kappa shape index (κ3) is 4.35. The summed E-state index contributed by atoms with van der Waals surface area (Å²) in [6.45, 7) is 7.62. The Labute approximate surface area is 132 Å². The molecule has 1 fully saturated rings. The lowest BCUT2D eigenvalue weighted by atomic mass is 10.0. The molecule has 0 bridgehead atoms. The lowest BCUT2D eigenvalue weighted by Gasteiger charge is -2.34. The quantitative estimate of drug-likeness (QED) is 0.863. The first-order valence-electron chi connectivity index (χ1n) is 6.17. The number of rotatable bonds is 4. The lowest BCUT2D eigenvalue weighted by Crippen LogP contribution is -2.44. The molecule has 0 radical (unpaired) electrons. The summed E-state index contributed by atoms with van der Waals surface area (Å²) >= 11 is 0. The van der Waals surface area contributed by atoms with E-state index in [4.69, 9.17) is 4.74 Å². The highest BCUT2D eigenvalue weighted by molar-refractivity contribution is 5.85. The first kappa shape index (κ1) is 19.2. The van der Waals surface area contributed by atoms with Crippen LogP contribution in [0.15, 0.2) is 30.9 Å². The number of hydrogen-bond donors (Lipinski definition) is 1. The smallest absolute Gasteiger partial charge is 0.124 e. The van der Waals surface area contributed by atoms with Crippen molar-refractivity contribution in [2.24, 2.45) is 0 Å². The Balaban J connectivity index is 0.00000180. The maximum atomic E-state index is 13.4. The van der Waals surface area contributed by atoms with Crippen LogP contribution in [0.25, 0.3) is 0 Å². The van der Waals surface area contributed by atoms with Gasteiger partial charge in [0.25, 0.3) is 0 Å². The van der Waals surface area contributed by atoms with Crippen molar-refractivity contribution in [1.29, 1.82) is 0 Å². The fourth-order valence-electron chi connectivity index (χ4n) is 2.37. The molecular formula is C14H21Cl2FN2O. The number of halogens is 3. The normalized spacial score (nSPS) is 16.5. The van der Waals surface area contributed by atoms with Crippen LogP contribution in [0, 0.1) is 5.82 Å². The second-order valence-electron chi connectivity index (χ2n) is 4.35. The van der Waals surface area contributed by atoms with E-state index in [0.717, 1.165) is 31.7 Å². The van der Waals surface area contributed by atoms with Gasteiger partial charge in [-0.15, -0.1) is 31.4 Å². The van der Waals surface area contributed by atoms with Gasteiger partial charge in [0, 0.05) is 31.7 Å². The van der Waals surface area contributed by atoms with E-state index in [9.17, 15) is 4.39 Å². The number of benzene rings is 1. The molecular weight excluding hydrogens is 302 g/mol. The van der Waals surface area contributed by atoms with Gasteiger partial charge in [-0.05, 0) is 18.2 Å². The summed E-state index contributed by atoms with van der Waals surface area (Å²) in [4.78, 5) is 2.28. The highest BCUT2D eigenvalue weighted by Gasteiger charge is 2.22. The van der Waals surface area contributed by atoms with Gasteiger partial charge >= 0.3 is 0 Å². The molecule has 0 amide bonds. The molecule has 1 aromatic carbocycles. The van der Waals surface area contributed by atoms with Crippen molar-refractivity contribution in [3.8, 4) is 5.75 Å². The van der Waals surface area contributed by atoms with Crippen molar-refractivity contribution in [3.05, 3.63) is 42.2 Å². The molecule has 1 aliphatic rings. The molecule has 0 spiro atoms. The van der Waals surface area contributed by atoms with E-state index < -0.39 is 0 Å². The van der Waals surface area contributed by atoms with Crippen LogP contribution in [0.4, 0.5) is 4.39 Å². The van der Waals surface area contributed by atoms with Crippen LogP contribution in [-0.4, -0.2) is 38.2 Å². The fourth-order valence-corrected chi connectivity index (χ4v) is 2.37. The Morgan fingerprint density at radius 2 is 2.00 bits per heavy atom. The molecule has 1 aromatic rings. The summed E-state index contributed by atoms with van der Waals surface area (Å²) in [5.41, 5.74) is 0.842. The Morgan fingerprint density at radius 1 is 1.35 bits per heavy atom. The van der Waals surface area contributed by atoms with Crippen LogP contribution in [0.5, 0.6) is 5.75 Å². The number of ether oxygens (including phenoxy) is 1. The number of piperazine rings is 1. The standard InChI is InChI=1S/C14H19FN2O.2ClH/c1-3-13(17-8-6-16-7-9-17)12-10-11(15)4-5-14(12)18-2;;/h3-5,10,13,16H,1,6-9H2,2H3;2*1H/t13-;;/m0../s1. The predicted octanol–water partition coefficient (Wildman–Crippen LogP) is 2.81. The third-order valence-electron chi connectivity index (χ3n) is 3.28. The van der Waals surface area contributed by atoms with Gasteiger partial charge in [0.05, 0.1) is 13.2 Å². The molecule has 1 aliphatic heterocycles.